The first kappa shape index (κ1) is 30.3. The summed E-state index contributed by atoms with van der Waals surface area (Å²) in [6, 6.07) is 16.8. The van der Waals surface area contributed by atoms with Crippen LogP contribution in [0.15, 0.2) is 53.1 Å². The van der Waals surface area contributed by atoms with Crippen LogP contribution in [0.3, 0.4) is 0 Å². The van der Waals surface area contributed by atoms with Crippen LogP contribution < -0.4 is 10.1 Å². The Bertz CT molecular complexity index is 2150. The smallest absolute Gasteiger partial charge is 0.321 e. The fourth-order valence-electron chi connectivity index (χ4n) is 7.51. The van der Waals surface area contributed by atoms with E-state index in [4.69, 9.17) is 24.0 Å². The topological polar surface area (TPSA) is 122 Å². The van der Waals surface area contributed by atoms with Crippen LogP contribution in [0, 0.1) is 20.8 Å². The van der Waals surface area contributed by atoms with Gasteiger partial charge in [-0.25, -0.2) is 14.8 Å². The summed E-state index contributed by atoms with van der Waals surface area (Å²) in [4.78, 5) is 31.3. The van der Waals surface area contributed by atoms with E-state index in [0.29, 0.717) is 30.7 Å². The second-order valence-corrected chi connectivity index (χ2v) is 12.8. The van der Waals surface area contributed by atoms with Crippen molar-refractivity contribution in [3.63, 3.8) is 0 Å². The summed E-state index contributed by atoms with van der Waals surface area (Å²) in [6.45, 7) is 10.6. The molecule has 8 rings (SSSR count). The van der Waals surface area contributed by atoms with Gasteiger partial charge in [0.2, 0.25) is 0 Å². The van der Waals surface area contributed by atoms with Gasteiger partial charge in [0.15, 0.2) is 0 Å². The zero-order valence-corrected chi connectivity index (χ0v) is 27.7. The fraction of sp³-hybridized carbons (Fsp3) is 0.351. The van der Waals surface area contributed by atoms with Crippen molar-refractivity contribution in [3.8, 4) is 28.1 Å². The minimum atomic E-state index is -0.0716. The number of ether oxygens (including phenoxy) is 2. The predicted molar refractivity (Wildman–Crippen MR) is 187 cm³/mol. The third-order valence-electron chi connectivity index (χ3n) is 9.92. The van der Waals surface area contributed by atoms with Gasteiger partial charge in [-0.2, -0.15) is 0 Å². The maximum atomic E-state index is 13.5. The summed E-state index contributed by atoms with van der Waals surface area (Å²) in [5.41, 5.74) is 6.81. The van der Waals surface area contributed by atoms with Gasteiger partial charge in [0.1, 0.15) is 23.0 Å². The second-order valence-electron chi connectivity index (χ2n) is 12.8. The van der Waals surface area contributed by atoms with Crippen molar-refractivity contribution in [1.29, 1.82) is 0 Å². The van der Waals surface area contributed by atoms with E-state index in [1.54, 1.807) is 7.11 Å². The van der Waals surface area contributed by atoms with Crippen molar-refractivity contribution in [1.82, 2.24) is 29.9 Å². The average Bonchev–Trinajstić information content (AvgIpc) is 3.65. The van der Waals surface area contributed by atoms with E-state index in [-0.39, 0.29) is 6.03 Å². The number of aromatic nitrogens is 4. The molecule has 2 aliphatic rings. The molecule has 2 fully saturated rings. The van der Waals surface area contributed by atoms with Gasteiger partial charge in [0, 0.05) is 72.9 Å². The number of benzene rings is 3. The van der Waals surface area contributed by atoms with Crippen LogP contribution in [0.5, 0.6) is 5.75 Å². The fourth-order valence-corrected chi connectivity index (χ4v) is 7.51. The molecular weight excluding hydrogens is 606 g/mol. The minimum absolute atomic E-state index is 0.0716. The van der Waals surface area contributed by atoms with Crippen LogP contribution in [0.25, 0.3) is 55.1 Å². The molecule has 0 unspecified atom stereocenters. The second kappa shape index (κ2) is 12.2. The molecule has 2 N–H and O–H groups in total. The van der Waals surface area contributed by atoms with Crippen LogP contribution >= 0.6 is 0 Å². The van der Waals surface area contributed by atoms with Gasteiger partial charge in [-0.05, 0) is 57.2 Å². The first-order valence-corrected chi connectivity index (χ1v) is 16.6. The Morgan fingerprint density at radius 2 is 1.71 bits per heavy atom. The highest BCUT2D eigenvalue weighted by molar-refractivity contribution is 6.17. The number of aryl methyl sites for hydroxylation is 3. The first-order chi connectivity index (χ1) is 23.4. The molecule has 0 aliphatic carbocycles. The molecule has 2 aliphatic heterocycles. The molecule has 246 valence electrons. The maximum Gasteiger partial charge on any atom is 0.321 e. The highest BCUT2D eigenvalue weighted by Gasteiger charge is 2.28. The molecular formula is C37H39N7O4. The van der Waals surface area contributed by atoms with Crippen LogP contribution in [0.1, 0.15) is 30.1 Å². The van der Waals surface area contributed by atoms with E-state index >= 15 is 0 Å². The van der Waals surface area contributed by atoms with Crippen molar-refractivity contribution >= 4 is 44.4 Å². The van der Waals surface area contributed by atoms with Gasteiger partial charge < -0.3 is 29.2 Å². The Morgan fingerprint density at radius 3 is 2.44 bits per heavy atom. The largest absolute Gasteiger partial charge is 0.496 e. The molecule has 2 saturated heterocycles. The number of carbonyl (C=O) groups is 1. The van der Waals surface area contributed by atoms with Crippen LogP contribution in [-0.2, 0) is 4.74 Å². The molecule has 0 radical (unpaired) electrons. The van der Waals surface area contributed by atoms with Crippen molar-refractivity contribution in [3.05, 3.63) is 65.8 Å². The standard InChI is InChI=1S/C37H39N7O4/c1-21-33(22(2)48-42-21)29-19-31-28(20-32(29)46-4)34-35(38-23(3)39-36(34)40-31)27-9-10-30(26-8-6-5-7-25(26)27)41-37(45)44-15-13-43(14-16-44)24-11-17-47-18-12-24/h5-10,19-20,24H,11-18H2,1-4H3,(H,41,45)(H,38,39,40). The van der Waals surface area contributed by atoms with E-state index in [2.05, 4.69) is 44.6 Å². The summed E-state index contributed by atoms with van der Waals surface area (Å²) in [6.07, 6.45) is 2.14. The van der Waals surface area contributed by atoms with E-state index in [1.165, 1.54) is 0 Å². The third kappa shape index (κ3) is 5.23. The number of fused-ring (bicyclic) bond motifs is 4. The summed E-state index contributed by atoms with van der Waals surface area (Å²) < 4.78 is 16.9. The third-order valence-corrected chi connectivity index (χ3v) is 9.92. The van der Waals surface area contributed by atoms with Crippen LogP contribution in [0.2, 0.25) is 0 Å². The number of piperazine rings is 1. The van der Waals surface area contributed by atoms with Gasteiger partial charge in [0.25, 0.3) is 0 Å². The molecule has 0 atom stereocenters. The van der Waals surface area contributed by atoms with Crippen LogP contribution in [-0.4, -0.2) is 88.5 Å². The number of hydrogen-bond donors (Lipinski definition) is 2. The SMILES string of the molecule is COc1cc2c(cc1-c1c(C)noc1C)[nH]c1nc(C)nc(-c3ccc(NC(=O)N4CCN(C5CCOCC5)CC4)c4ccccc34)c12. The molecule has 3 aromatic heterocycles. The lowest BCUT2D eigenvalue weighted by molar-refractivity contribution is 0.0194. The van der Waals surface area contributed by atoms with Crippen molar-refractivity contribution in [2.45, 2.75) is 39.7 Å². The van der Waals surface area contributed by atoms with E-state index in [9.17, 15) is 4.79 Å². The number of aromatic amines is 1. The highest BCUT2D eigenvalue weighted by atomic mass is 16.5. The summed E-state index contributed by atoms with van der Waals surface area (Å²) >= 11 is 0. The molecule has 0 bridgehead atoms. The lowest BCUT2D eigenvalue weighted by Gasteiger charge is -2.40. The van der Waals surface area contributed by atoms with Gasteiger partial charge in [-0.15, -0.1) is 0 Å². The van der Waals surface area contributed by atoms with Gasteiger partial charge >= 0.3 is 6.03 Å². The molecule has 0 spiro atoms. The van der Waals surface area contributed by atoms with Gasteiger partial charge in [-0.3, -0.25) is 4.90 Å². The normalized spacial score (nSPS) is 16.3. The van der Waals surface area contributed by atoms with Crippen LogP contribution in [0.4, 0.5) is 10.5 Å². The number of hydrogen-bond acceptors (Lipinski definition) is 8. The Balaban J connectivity index is 1.15. The van der Waals surface area contributed by atoms with E-state index < -0.39 is 0 Å². The number of H-pyrrole nitrogens is 1. The molecule has 11 heteroatoms. The Morgan fingerprint density at radius 1 is 0.938 bits per heavy atom. The molecule has 11 nitrogen and oxygen atoms in total. The number of methoxy groups -OCH3 is 1. The van der Waals surface area contributed by atoms with Crippen molar-refractivity contribution in [2.75, 3.05) is 51.8 Å². The van der Waals surface area contributed by atoms with Gasteiger partial charge in [-0.1, -0.05) is 35.5 Å². The number of rotatable bonds is 5. The number of amides is 2. The zero-order valence-electron chi connectivity index (χ0n) is 27.7. The van der Waals surface area contributed by atoms with Crippen molar-refractivity contribution in [2.24, 2.45) is 0 Å². The lowest BCUT2D eigenvalue weighted by Crippen LogP contribution is -2.53. The van der Waals surface area contributed by atoms with E-state index in [0.717, 1.165) is 111 Å². The quantitative estimate of drug-likeness (QED) is 0.209. The maximum absolute atomic E-state index is 13.5. The monoisotopic (exact) mass is 645 g/mol. The molecule has 48 heavy (non-hydrogen) atoms. The number of carbonyl (C=O) groups excluding carboxylic acids is 1. The Hall–Kier alpha value is -5.00. The predicted octanol–water partition coefficient (Wildman–Crippen LogP) is 6.85. The number of urea groups is 1. The van der Waals surface area contributed by atoms with E-state index in [1.807, 2.05) is 49.9 Å². The molecule has 2 amide bonds. The molecule has 3 aromatic carbocycles. The Labute approximate surface area is 278 Å². The molecule has 6 aromatic rings. The summed E-state index contributed by atoms with van der Waals surface area (Å²) in [7, 11) is 1.67. The highest BCUT2D eigenvalue weighted by Crippen LogP contribution is 2.43. The number of anilines is 1. The zero-order chi connectivity index (χ0) is 32.9. The Kier molecular flexibility index (Phi) is 7.73. The summed E-state index contributed by atoms with van der Waals surface area (Å²) in [5, 5.41) is 11.2. The van der Waals surface area contributed by atoms with Gasteiger partial charge in [0.05, 0.1) is 35.1 Å². The molecule has 0 saturated carbocycles. The average molecular weight is 646 g/mol. The summed E-state index contributed by atoms with van der Waals surface area (Å²) in [5.74, 6) is 2.10. The first-order valence-electron chi connectivity index (χ1n) is 16.6. The number of nitrogens with zero attached hydrogens (tertiary/aromatic N) is 5. The minimum Gasteiger partial charge on any atom is -0.496 e. The molecule has 5 heterocycles. The lowest BCUT2D eigenvalue weighted by atomic mass is 9.97. The number of nitrogens with one attached hydrogen (secondary N) is 2. The van der Waals surface area contributed by atoms with Crippen molar-refractivity contribution < 1.29 is 18.8 Å².